The fourth-order valence-electron chi connectivity index (χ4n) is 4.51. The van der Waals surface area contributed by atoms with Gasteiger partial charge in [-0.05, 0) is 53.1 Å². The molecule has 2 aromatic rings. The molecule has 1 amide bonds. The number of hydrogen-bond donors (Lipinski definition) is 2. The van der Waals surface area contributed by atoms with Gasteiger partial charge < -0.3 is 19.9 Å². The van der Waals surface area contributed by atoms with Gasteiger partial charge in [0.1, 0.15) is 18.4 Å². The average Bonchev–Trinajstić information content (AvgIpc) is 2.80. The molecule has 2 aromatic carbocycles. The van der Waals surface area contributed by atoms with Gasteiger partial charge in [0.15, 0.2) is 0 Å². The molecule has 2 bridgehead atoms. The number of amides is 1. The van der Waals surface area contributed by atoms with E-state index in [2.05, 4.69) is 48.3 Å². The number of rotatable bonds is 7. The summed E-state index contributed by atoms with van der Waals surface area (Å²) in [5.74, 6) is -0.00619. The zero-order chi connectivity index (χ0) is 26.1. The number of hydrogen-bond acceptors (Lipinski definition) is 5. The van der Waals surface area contributed by atoms with Crippen molar-refractivity contribution in [1.29, 1.82) is 0 Å². The molecule has 0 saturated carbocycles. The van der Waals surface area contributed by atoms with Gasteiger partial charge in [-0.15, -0.1) is 0 Å². The van der Waals surface area contributed by atoms with E-state index in [9.17, 15) is 14.7 Å². The lowest BCUT2D eigenvalue weighted by atomic mass is 9.99. The summed E-state index contributed by atoms with van der Waals surface area (Å²) in [6.07, 6.45) is 0.972. The number of aliphatic carboxylic acids is 1. The first-order chi connectivity index (χ1) is 17.2. The number of benzene rings is 2. The topological polar surface area (TPSA) is 88.1 Å². The molecule has 1 atom stereocenters. The van der Waals surface area contributed by atoms with Crippen LogP contribution in [0.5, 0.6) is 5.75 Å². The van der Waals surface area contributed by atoms with Crippen LogP contribution in [-0.2, 0) is 22.5 Å². The van der Waals surface area contributed by atoms with E-state index in [0.717, 1.165) is 30.8 Å². The predicted molar refractivity (Wildman–Crippen MR) is 140 cm³/mol. The lowest BCUT2D eigenvalue weighted by Gasteiger charge is -2.25. The highest BCUT2D eigenvalue weighted by molar-refractivity contribution is 5.97. The Labute approximate surface area is 214 Å². The van der Waals surface area contributed by atoms with E-state index >= 15 is 0 Å². The molecule has 2 N–H and O–H groups in total. The minimum absolute atomic E-state index is 0.149. The van der Waals surface area contributed by atoms with Crippen molar-refractivity contribution in [3.05, 3.63) is 64.7 Å². The fourth-order valence-corrected chi connectivity index (χ4v) is 4.51. The smallest absolute Gasteiger partial charge is 0.326 e. The Morgan fingerprint density at radius 1 is 1.00 bits per heavy atom. The van der Waals surface area contributed by atoms with E-state index in [0.29, 0.717) is 49.9 Å². The van der Waals surface area contributed by atoms with Gasteiger partial charge in [-0.3, -0.25) is 9.69 Å². The van der Waals surface area contributed by atoms with Crippen LogP contribution >= 0.6 is 0 Å². The van der Waals surface area contributed by atoms with Crippen LogP contribution in [0.4, 0.5) is 0 Å². The standard InChI is InChI=1S/C29H40N2O5/c1-20(2)14-26(29(33)34)30-28(32)24-8-9-27-25(17-24)16-22-6-5-7-23(15-22)19-31(18-21(3)4)10-11-35-12-13-36-27/h5-9,15,17,20-21,26H,10-14,16,18-19H2,1-4H3,(H,30,32)(H,33,34). The second-order valence-electron chi connectivity index (χ2n) is 10.4. The molecule has 1 aliphatic rings. The second-order valence-corrected chi connectivity index (χ2v) is 10.4. The predicted octanol–water partition coefficient (Wildman–Crippen LogP) is 4.37. The fraction of sp³-hybridized carbons (Fsp3) is 0.517. The van der Waals surface area contributed by atoms with Crippen molar-refractivity contribution in [2.75, 3.05) is 32.9 Å². The maximum Gasteiger partial charge on any atom is 0.326 e. The number of carboxylic acid groups (broad SMARTS) is 1. The number of nitrogens with one attached hydrogen (secondary N) is 1. The van der Waals surface area contributed by atoms with Crippen molar-refractivity contribution < 1.29 is 24.2 Å². The van der Waals surface area contributed by atoms with E-state index in [4.69, 9.17) is 9.47 Å². The molecule has 36 heavy (non-hydrogen) atoms. The summed E-state index contributed by atoms with van der Waals surface area (Å²) in [5, 5.41) is 12.2. The molecule has 7 heteroatoms. The number of carbonyl (C=O) groups excluding carboxylic acids is 1. The van der Waals surface area contributed by atoms with Crippen LogP contribution in [0.15, 0.2) is 42.5 Å². The first-order valence-electron chi connectivity index (χ1n) is 12.9. The Hall–Kier alpha value is -2.90. The Bertz CT molecular complexity index is 1020. The lowest BCUT2D eigenvalue weighted by Crippen LogP contribution is -2.41. The monoisotopic (exact) mass is 496 g/mol. The molecule has 1 unspecified atom stereocenters. The lowest BCUT2D eigenvalue weighted by molar-refractivity contribution is -0.139. The van der Waals surface area contributed by atoms with Crippen molar-refractivity contribution in [3.8, 4) is 5.75 Å². The van der Waals surface area contributed by atoms with E-state index in [1.54, 1.807) is 12.1 Å². The Balaban J connectivity index is 1.86. The molecule has 0 saturated heterocycles. The van der Waals surface area contributed by atoms with Crippen molar-refractivity contribution in [2.45, 2.75) is 53.1 Å². The molecule has 0 fully saturated rings. The summed E-state index contributed by atoms with van der Waals surface area (Å²) < 4.78 is 11.9. The number of ether oxygens (including phenoxy) is 2. The number of carboxylic acids is 1. The van der Waals surface area contributed by atoms with Gasteiger partial charge in [0.25, 0.3) is 5.91 Å². The largest absolute Gasteiger partial charge is 0.491 e. The Morgan fingerprint density at radius 3 is 2.50 bits per heavy atom. The summed E-state index contributed by atoms with van der Waals surface area (Å²) in [6, 6.07) is 12.9. The zero-order valence-corrected chi connectivity index (χ0v) is 22.0. The minimum Gasteiger partial charge on any atom is -0.491 e. The first kappa shape index (κ1) is 27.7. The highest BCUT2D eigenvalue weighted by Crippen LogP contribution is 2.25. The highest BCUT2D eigenvalue weighted by atomic mass is 16.5. The normalized spacial score (nSPS) is 16.1. The van der Waals surface area contributed by atoms with Crippen LogP contribution in [0.1, 0.15) is 61.2 Å². The molecule has 0 radical (unpaired) electrons. The molecule has 196 valence electrons. The van der Waals surface area contributed by atoms with Crippen LogP contribution in [-0.4, -0.2) is 60.8 Å². The van der Waals surface area contributed by atoms with Gasteiger partial charge in [-0.1, -0.05) is 52.0 Å². The van der Waals surface area contributed by atoms with Crippen molar-refractivity contribution in [2.24, 2.45) is 11.8 Å². The number of carbonyl (C=O) groups is 2. The third kappa shape index (κ3) is 8.64. The maximum atomic E-state index is 12.9. The maximum absolute atomic E-state index is 12.9. The number of fused-ring (bicyclic) bond motifs is 3. The van der Waals surface area contributed by atoms with Crippen LogP contribution < -0.4 is 10.1 Å². The first-order valence-corrected chi connectivity index (χ1v) is 12.9. The van der Waals surface area contributed by atoms with E-state index in [1.165, 1.54) is 5.56 Å². The third-order valence-electron chi connectivity index (χ3n) is 6.09. The molecule has 0 aromatic heterocycles. The minimum atomic E-state index is -1.03. The van der Waals surface area contributed by atoms with Gasteiger partial charge in [0.05, 0.1) is 13.2 Å². The van der Waals surface area contributed by atoms with Crippen molar-refractivity contribution in [1.82, 2.24) is 10.2 Å². The van der Waals surface area contributed by atoms with Crippen LogP contribution in [0.3, 0.4) is 0 Å². The van der Waals surface area contributed by atoms with E-state index in [1.807, 2.05) is 19.9 Å². The summed E-state index contributed by atoms with van der Waals surface area (Å²) in [6.45, 7) is 12.6. The molecule has 0 spiro atoms. The average molecular weight is 497 g/mol. The molecule has 0 aliphatic carbocycles. The van der Waals surface area contributed by atoms with Crippen LogP contribution in [0.2, 0.25) is 0 Å². The third-order valence-corrected chi connectivity index (χ3v) is 6.09. The zero-order valence-electron chi connectivity index (χ0n) is 22.0. The summed E-state index contributed by atoms with van der Waals surface area (Å²) in [4.78, 5) is 27.0. The second kappa shape index (κ2) is 13.4. The summed E-state index contributed by atoms with van der Waals surface area (Å²) in [7, 11) is 0. The summed E-state index contributed by atoms with van der Waals surface area (Å²) >= 11 is 0. The van der Waals surface area contributed by atoms with Crippen molar-refractivity contribution >= 4 is 11.9 Å². The molecule has 7 nitrogen and oxygen atoms in total. The number of nitrogens with zero attached hydrogens (tertiary/aromatic N) is 1. The van der Waals surface area contributed by atoms with E-state index in [-0.39, 0.29) is 5.92 Å². The Morgan fingerprint density at radius 2 is 1.78 bits per heavy atom. The van der Waals surface area contributed by atoms with Crippen LogP contribution in [0.25, 0.3) is 0 Å². The van der Waals surface area contributed by atoms with Crippen LogP contribution in [0, 0.1) is 11.8 Å². The van der Waals surface area contributed by atoms with E-state index < -0.39 is 17.9 Å². The van der Waals surface area contributed by atoms with Gasteiger partial charge in [0.2, 0.25) is 0 Å². The summed E-state index contributed by atoms with van der Waals surface area (Å²) in [5.41, 5.74) is 3.67. The molecule has 3 rings (SSSR count). The van der Waals surface area contributed by atoms with Gasteiger partial charge in [-0.2, -0.15) is 0 Å². The van der Waals surface area contributed by atoms with Gasteiger partial charge in [0, 0.05) is 31.6 Å². The molecule has 1 aliphatic heterocycles. The SMILES string of the molecule is CC(C)CC(NC(=O)c1ccc2c(c1)Cc1cccc(c1)CN(CC(C)C)CCOCCO2)C(=O)O. The highest BCUT2D eigenvalue weighted by Gasteiger charge is 2.22. The Kier molecular flexibility index (Phi) is 10.3. The molecular weight excluding hydrogens is 456 g/mol. The van der Waals surface area contributed by atoms with Gasteiger partial charge in [-0.25, -0.2) is 4.79 Å². The molecule has 1 heterocycles. The molecular formula is C29H40N2O5. The van der Waals surface area contributed by atoms with Crippen molar-refractivity contribution in [3.63, 3.8) is 0 Å². The van der Waals surface area contributed by atoms with Gasteiger partial charge >= 0.3 is 5.97 Å². The quantitative estimate of drug-likeness (QED) is 0.592.